The number of aliphatic hydroxyl groups excluding tert-OH is 2. The Kier molecular flexibility index (Phi) is 9.01. The van der Waals surface area contributed by atoms with E-state index < -0.39 is 6.10 Å². The summed E-state index contributed by atoms with van der Waals surface area (Å²) in [7, 11) is 0. The SMILES string of the molecule is OCC[NH+]1CC[NH+](C[C@@H](O)COCCOc2ccccc2Br)CC1. The van der Waals surface area contributed by atoms with Crippen molar-refractivity contribution in [3.05, 3.63) is 28.7 Å². The number of quaternary nitrogens is 2. The van der Waals surface area contributed by atoms with Crippen LogP contribution in [0.15, 0.2) is 28.7 Å². The summed E-state index contributed by atoms with van der Waals surface area (Å²) < 4.78 is 12.1. The van der Waals surface area contributed by atoms with Crippen molar-refractivity contribution in [3.63, 3.8) is 0 Å². The van der Waals surface area contributed by atoms with Gasteiger partial charge in [0.05, 0.1) is 24.3 Å². The van der Waals surface area contributed by atoms with Crippen LogP contribution in [0.25, 0.3) is 0 Å². The topological polar surface area (TPSA) is 67.8 Å². The van der Waals surface area contributed by atoms with Crippen molar-refractivity contribution in [2.75, 3.05) is 65.7 Å². The van der Waals surface area contributed by atoms with Gasteiger partial charge in [0, 0.05) is 0 Å². The number of benzene rings is 1. The molecule has 0 aliphatic carbocycles. The van der Waals surface area contributed by atoms with E-state index in [4.69, 9.17) is 14.6 Å². The lowest BCUT2D eigenvalue weighted by atomic mass is 10.2. The molecular weight excluding hydrogens is 376 g/mol. The Balaban J connectivity index is 1.52. The van der Waals surface area contributed by atoms with E-state index in [1.165, 1.54) is 9.80 Å². The van der Waals surface area contributed by atoms with Crippen molar-refractivity contribution in [3.8, 4) is 5.75 Å². The molecule has 1 heterocycles. The summed E-state index contributed by atoms with van der Waals surface area (Å²) in [6.07, 6.45) is -0.442. The lowest BCUT2D eigenvalue weighted by molar-refractivity contribution is -1.01. The molecular formula is C17H29BrN2O4+2. The normalized spacial score (nSPS) is 22.3. The molecule has 0 aromatic heterocycles. The first kappa shape index (κ1) is 19.6. The Morgan fingerprint density at radius 3 is 2.50 bits per heavy atom. The number of piperazine rings is 1. The molecule has 0 radical (unpaired) electrons. The molecule has 0 bridgehead atoms. The third kappa shape index (κ3) is 7.04. The highest BCUT2D eigenvalue weighted by Gasteiger charge is 2.24. The fraction of sp³-hybridized carbons (Fsp3) is 0.647. The van der Waals surface area contributed by atoms with Gasteiger partial charge >= 0.3 is 0 Å². The molecule has 1 fully saturated rings. The fourth-order valence-corrected chi connectivity index (χ4v) is 3.35. The van der Waals surface area contributed by atoms with Gasteiger partial charge in [-0.2, -0.15) is 0 Å². The van der Waals surface area contributed by atoms with Gasteiger partial charge in [-0.25, -0.2) is 0 Å². The highest BCUT2D eigenvalue weighted by Crippen LogP contribution is 2.23. The number of rotatable bonds is 10. The molecule has 1 aliphatic heterocycles. The Bertz CT molecular complexity index is 470. The number of para-hydroxylation sites is 1. The highest BCUT2D eigenvalue weighted by molar-refractivity contribution is 9.10. The van der Waals surface area contributed by atoms with Gasteiger partial charge in [0.2, 0.25) is 0 Å². The molecule has 24 heavy (non-hydrogen) atoms. The Morgan fingerprint density at radius 1 is 1.08 bits per heavy atom. The largest absolute Gasteiger partial charge is 0.490 e. The van der Waals surface area contributed by atoms with Gasteiger partial charge in [-0.3, -0.25) is 0 Å². The van der Waals surface area contributed by atoms with Gasteiger partial charge in [0.15, 0.2) is 0 Å². The summed E-state index contributed by atoms with van der Waals surface area (Å²) in [6, 6.07) is 7.71. The van der Waals surface area contributed by atoms with E-state index in [2.05, 4.69) is 15.9 Å². The van der Waals surface area contributed by atoms with Crippen LogP contribution in [0.2, 0.25) is 0 Å². The Labute approximate surface area is 152 Å². The molecule has 7 heteroatoms. The van der Waals surface area contributed by atoms with Gasteiger partial charge in [0.25, 0.3) is 0 Å². The molecule has 1 atom stereocenters. The summed E-state index contributed by atoms with van der Waals surface area (Å²) in [5.74, 6) is 0.800. The molecule has 0 unspecified atom stereocenters. The maximum atomic E-state index is 10.1. The molecule has 1 aliphatic rings. The van der Waals surface area contributed by atoms with E-state index in [1.807, 2.05) is 24.3 Å². The highest BCUT2D eigenvalue weighted by atomic mass is 79.9. The second-order valence-corrected chi connectivity index (χ2v) is 7.04. The Hall–Kier alpha value is -0.700. The smallest absolute Gasteiger partial charge is 0.133 e. The van der Waals surface area contributed by atoms with Gasteiger partial charge in [-0.15, -0.1) is 0 Å². The van der Waals surface area contributed by atoms with Crippen LogP contribution in [0.5, 0.6) is 5.75 Å². The standard InChI is InChI=1S/C17H27BrN2O4/c18-16-3-1-2-4-17(16)24-12-11-23-14-15(22)13-20-7-5-19(6-8-20)9-10-21/h1-4,15,21-22H,5-14H2/p+2/t15-/m1/s1. The minimum atomic E-state index is -0.442. The number of ether oxygens (including phenoxy) is 2. The predicted molar refractivity (Wildman–Crippen MR) is 94.7 cm³/mol. The maximum absolute atomic E-state index is 10.1. The van der Waals surface area contributed by atoms with Crippen LogP contribution in [-0.2, 0) is 4.74 Å². The van der Waals surface area contributed by atoms with Crippen LogP contribution < -0.4 is 14.5 Å². The number of hydrogen-bond acceptors (Lipinski definition) is 4. The minimum absolute atomic E-state index is 0.253. The predicted octanol–water partition coefficient (Wildman–Crippen LogP) is -2.02. The second kappa shape index (κ2) is 11.0. The molecule has 1 saturated heterocycles. The fourth-order valence-electron chi connectivity index (χ4n) is 2.95. The number of halogens is 1. The van der Waals surface area contributed by atoms with Crippen molar-refractivity contribution >= 4 is 15.9 Å². The molecule has 2 rings (SSSR count). The average Bonchev–Trinajstić information content (AvgIpc) is 2.58. The Morgan fingerprint density at radius 2 is 1.79 bits per heavy atom. The van der Waals surface area contributed by atoms with E-state index in [-0.39, 0.29) is 6.61 Å². The first-order chi connectivity index (χ1) is 11.7. The molecule has 1 aromatic carbocycles. The van der Waals surface area contributed by atoms with Crippen LogP contribution in [0.1, 0.15) is 0 Å². The minimum Gasteiger partial charge on any atom is -0.490 e. The third-order valence-corrected chi connectivity index (χ3v) is 4.94. The summed E-state index contributed by atoms with van der Waals surface area (Å²) in [5, 5.41) is 19.1. The summed E-state index contributed by atoms with van der Waals surface area (Å²) >= 11 is 3.43. The summed E-state index contributed by atoms with van der Waals surface area (Å²) in [4.78, 5) is 2.87. The number of aliphatic hydroxyl groups is 2. The van der Waals surface area contributed by atoms with Gasteiger partial charge in [-0.1, -0.05) is 12.1 Å². The molecule has 0 spiro atoms. The lowest BCUT2D eigenvalue weighted by Gasteiger charge is -2.30. The average molecular weight is 405 g/mol. The van der Waals surface area contributed by atoms with Crippen LogP contribution >= 0.6 is 15.9 Å². The van der Waals surface area contributed by atoms with Crippen molar-refractivity contribution < 1.29 is 29.5 Å². The quantitative estimate of drug-likeness (QED) is 0.340. The first-order valence-electron chi connectivity index (χ1n) is 8.60. The van der Waals surface area contributed by atoms with Gasteiger partial charge in [-0.05, 0) is 28.1 Å². The first-order valence-corrected chi connectivity index (χ1v) is 9.39. The number of hydrogen-bond donors (Lipinski definition) is 4. The zero-order valence-corrected chi connectivity index (χ0v) is 15.6. The number of nitrogens with one attached hydrogen (secondary N) is 2. The van der Waals surface area contributed by atoms with Crippen LogP contribution in [0, 0.1) is 0 Å². The second-order valence-electron chi connectivity index (χ2n) is 6.19. The van der Waals surface area contributed by atoms with Crippen molar-refractivity contribution in [1.82, 2.24) is 0 Å². The van der Waals surface area contributed by atoms with Crippen LogP contribution in [-0.4, -0.2) is 82.0 Å². The molecule has 4 N–H and O–H groups in total. The third-order valence-electron chi connectivity index (χ3n) is 4.29. The zero-order valence-electron chi connectivity index (χ0n) is 14.0. The summed E-state index contributed by atoms with van der Waals surface area (Å²) in [6.45, 7) is 7.27. The van der Waals surface area contributed by atoms with E-state index in [9.17, 15) is 5.11 Å². The molecule has 1 aromatic rings. The van der Waals surface area contributed by atoms with Gasteiger partial charge < -0.3 is 29.5 Å². The monoisotopic (exact) mass is 404 g/mol. The van der Waals surface area contributed by atoms with Crippen LogP contribution in [0.3, 0.4) is 0 Å². The van der Waals surface area contributed by atoms with Gasteiger partial charge in [0.1, 0.15) is 57.7 Å². The molecule has 0 amide bonds. The molecule has 0 saturated carbocycles. The lowest BCUT2D eigenvalue weighted by Crippen LogP contribution is -3.28. The van der Waals surface area contributed by atoms with Crippen molar-refractivity contribution in [2.24, 2.45) is 0 Å². The van der Waals surface area contributed by atoms with E-state index >= 15 is 0 Å². The molecule has 136 valence electrons. The van der Waals surface area contributed by atoms with Crippen molar-refractivity contribution in [1.29, 1.82) is 0 Å². The van der Waals surface area contributed by atoms with E-state index in [0.29, 0.717) is 19.8 Å². The maximum Gasteiger partial charge on any atom is 0.133 e. The van der Waals surface area contributed by atoms with Crippen LogP contribution in [0.4, 0.5) is 0 Å². The van der Waals surface area contributed by atoms with E-state index in [0.717, 1.165) is 49.5 Å². The van der Waals surface area contributed by atoms with Crippen molar-refractivity contribution in [2.45, 2.75) is 6.10 Å². The summed E-state index contributed by atoms with van der Waals surface area (Å²) in [5.41, 5.74) is 0. The molecule has 6 nitrogen and oxygen atoms in total. The zero-order chi connectivity index (χ0) is 17.2. The van der Waals surface area contributed by atoms with E-state index in [1.54, 1.807) is 0 Å².